The number of hydrogen-bond acceptors (Lipinski definition) is 13. The van der Waals surface area contributed by atoms with Crippen molar-refractivity contribution in [3.8, 4) is 0 Å². The molecule has 1 fully saturated rings. The average Bonchev–Trinajstić information content (AvgIpc) is 3.36. The van der Waals surface area contributed by atoms with Gasteiger partial charge in [0.25, 0.3) is 11.8 Å². The Morgan fingerprint density at radius 2 is 2.31 bits per heavy atom. The van der Waals surface area contributed by atoms with E-state index in [1.165, 1.54) is 58.1 Å². The number of aromatic nitrogens is 4. The number of nitrogens with one attached hydrogen (secondary N) is 1. The zero-order chi connectivity index (χ0) is 24.9. The molecule has 4 rings (SSSR count). The molecule has 0 aliphatic carbocycles. The molecule has 0 saturated carbocycles. The van der Waals surface area contributed by atoms with Crippen LogP contribution in [0.4, 0.5) is 5.82 Å². The van der Waals surface area contributed by atoms with Crippen molar-refractivity contribution in [2.24, 2.45) is 5.16 Å². The highest BCUT2D eigenvalue weighted by Crippen LogP contribution is 2.41. The Balaban J connectivity index is 1.50. The number of rotatable bonds is 10. The van der Waals surface area contributed by atoms with Gasteiger partial charge in [-0.25, -0.2) is 14.8 Å². The van der Waals surface area contributed by atoms with Crippen molar-refractivity contribution in [2.75, 3.05) is 23.8 Å². The number of carboxylic acid groups (broad SMARTS) is 1. The van der Waals surface area contributed by atoms with Gasteiger partial charge in [0.1, 0.15) is 35.0 Å². The van der Waals surface area contributed by atoms with Crippen molar-refractivity contribution in [2.45, 2.75) is 15.8 Å². The van der Waals surface area contributed by atoms with Crippen LogP contribution in [0.25, 0.3) is 0 Å². The zero-order valence-corrected chi connectivity index (χ0v) is 20.3. The largest absolute Gasteiger partial charge is 0.477 e. The summed E-state index contributed by atoms with van der Waals surface area (Å²) in [4.78, 5) is 52.1. The highest BCUT2D eigenvalue weighted by molar-refractivity contribution is 8.01. The van der Waals surface area contributed by atoms with Crippen molar-refractivity contribution in [1.29, 1.82) is 0 Å². The van der Waals surface area contributed by atoms with Gasteiger partial charge in [-0.1, -0.05) is 40.9 Å². The molecule has 2 aliphatic rings. The first kappa shape index (κ1) is 24.6. The molecule has 4 heterocycles. The summed E-state index contributed by atoms with van der Waals surface area (Å²) in [6, 6.07) is 0.473. The molecule has 0 radical (unpaired) electrons. The zero-order valence-electron chi connectivity index (χ0n) is 17.9. The number of β-lactam (4-membered cyclic amide) rings is 1. The minimum Gasteiger partial charge on any atom is -0.477 e. The molecule has 4 N–H and O–H groups in total. The summed E-state index contributed by atoms with van der Waals surface area (Å²) in [6.07, 6.45) is 2.79. The monoisotopic (exact) mass is 534 g/mol. The normalized spacial score (nSPS) is 19.6. The van der Waals surface area contributed by atoms with Gasteiger partial charge < -0.3 is 21.0 Å². The van der Waals surface area contributed by atoms with Crippen LogP contribution in [0.1, 0.15) is 5.82 Å². The van der Waals surface area contributed by atoms with Gasteiger partial charge in [0.15, 0.2) is 10.2 Å². The number of thioether (sulfide) groups is 2. The van der Waals surface area contributed by atoms with Crippen molar-refractivity contribution in [3.63, 3.8) is 0 Å². The predicted octanol–water partition coefficient (Wildman–Crippen LogP) is 0.348. The van der Waals surface area contributed by atoms with Crippen LogP contribution in [0.5, 0.6) is 0 Å². The van der Waals surface area contributed by atoms with Crippen LogP contribution in [0.15, 0.2) is 51.2 Å². The second-order valence-corrected chi connectivity index (χ2v) is 10.1. The molecule has 2 aliphatic heterocycles. The maximum Gasteiger partial charge on any atom is 0.352 e. The Bertz CT molecular complexity index is 1220. The smallest absolute Gasteiger partial charge is 0.352 e. The summed E-state index contributed by atoms with van der Waals surface area (Å²) in [5.41, 5.74) is 7.49. The minimum absolute atomic E-state index is 0.0261. The van der Waals surface area contributed by atoms with Crippen molar-refractivity contribution >= 4 is 64.2 Å². The second kappa shape index (κ2) is 10.8. The highest BCUT2D eigenvalue weighted by Gasteiger charge is 2.54. The first-order chi connectivity index (χ1) is 16.9. The number of oxime groups is 1. The minimum atomic E-state index is -1.21. The Morgan fingerprint density at radius 1 is 1.49 bits per heavy atom. The Kier molecular flexibility index (Phi) is 7.62. The summed E-state index contributed by atoms with van der Waals surface area (Å²) in [7, 11) is 0. The molecule has 2 atom stereocenters. The standard InChI is InChI=1S/C19H18N8O5S3/c1-2-5-32-26-11(14-21-4-3-10(20)23-14)15(28)24-12-16(29)27-13(18(30)31)9(6-33-17(12)27)7-34-19-25-22-8-35-19/h2-4,8,12,17H,1,5-7H2,(H,24,28)(H,30,31)(H2,20,21,23)/b26-11-/t12?,17-/m1/s1. The van der Waals surface area contributed by atoms with Crippen molar-refractivity contribution in [1.82, 2.24) is 30.4 Å². The summed E-state index contributed by atoms with van der Waals surface area (Å²) < 4.78 is 0.698. The lowest BCUT2D eigenvalue weighted by Crippen LogP contribution is -2.71. The van der Waals surface area contributed by atoms with Crippen molar-refractivity contribution in [3.05, 3.63) is 47.5 Å². The third kappa shape index (κ3) is 5.28. The average molecular weight is 535 g/mol. The lowest BCUT2D eigenvalue weighted by molar-refractivity contribution is -0.150. The summed E-state index contributed by atoms with van der Waals surface area (Å²) in [5.74, 6) is -1.79. The van der Waals surface area contributed by atoms with E-state index in [1.807, 2.05) is 0 Å². The molecule has 2 amide bonds. The molecule has 2 aromatic rings. The third-order valence-corrected chi connectivity index (χ3v) is 7.98. The number of carbonyl (C=O) groups excluding carboxylic acids is 2. The number of nitrogens with two attached hydrogens (primary N) is 1. The molecule has 1 unspecified atom stereocenters. The molecule has 2 aromatic heterocycles. The molecule has 35 heavy (non-hydrogen) atoms. The van der Waals surface area contributed by atoms with Gasteiger partial charge in [0, 0.05) is 17.7 Å². The number of hydrogen-bond donors (Lipinski definition) is 3. The Hall–Kier alpha value is -3.50. The number of anilines is 1. The van der Waals surface area contributed by atoms with Gasteiger partial charge in [-0.3, -0.25) is 14.5 Å². The molecule has 13 nitrogen and oxygen atoms in total. The molecular weight excluding hydrogens is 516 g/mol. The van der Waals surface area contributed by atoms with E-state index in [1.54, 1.807) is 5.51 Å². The molecule has 182 valence electrons. The summed E-state index contributed by atoms with van der Waals surface area (Å²) in [5, 5.41) is 23.3. The number of carbonyl (C=O) groups is 3. The number of aliphatic carboxylic acids is 1. The molecule has 0 bridgehead atoms. The highest BCUT2D eigenvalue weighted by atomic mass is 32.2. The van der Waals surface area contributed by atoms with E-state index in [0.717, 1.165) is 0 Å². The van der Waals surface area contributed by atoms with E-state index < -0.39 is 29.2 Å². The van der Waals surface area contributed by atoms with Crippen LogP contribution in [-0.4, -0.2) is 83.2 Å². The molecular formula is C19H18N8O5S3. The van der Waals surface area contributed by atoms with Crippen LogP contribution < -0.4 is 11.1 Å². The Morgan fingerprint density at radius 3 is 3.00 bits per heavy atom. The van der Waals surface area contributed by atoms with Crippen LogP contribution in [-0.2, 0) is 19.2 Å². The SMILES string of the molecule is C=CCO/N=C(\C(=O)NC1C(=O)N2C(C(=O)O)=C(CSc3nncs3)CS[C@H]12)c1nccc(N)n1. The van der Waals surface area contributed by atoms with Crippen LogP contribution in [0, 0.1) is 0 Å². The van der Waals surface area contributed by atoms with Gasteiger partial charge in [-0.05, 0) is 11.6 Å². The summed E-state index contributed by atoms with van der Waals surface area (Å²) >= 11 is 4.04. The van der Waals surface area contributed by atoms with Gasteiger partial charge in [-0.2, -0.15) is 0 Å². The molecule has 16 heteroatoms. The lowest BCUT2D eigenvalue weighted by atomic mass is 10.0. The number of amides is 2. The van der Waals surface area contributed by atoms with Crippen LogP contribution in [0.3, 0.4) is 0 Å². The maximum atomic E-state index is 13.0. The fourth-order valence-electron chi connectivity index (χ4n) is 3.20. The predicted molar refractivity (Wildman–Crippen MR) is 129 cm³/mol. The van der Waals surface area contributed by atoms with E-state index in [0.29, 0.717) is 21.4 Å². The third-order valence-electron chi connectivity index (χ3n) is 4.70. The fraction of sp³-hybridized carbons (Fsp3) is 0.263. The maximum absolute atomic E-state index is 13.0. The quantitative estimate of drug-likeness (QED) is 0.0949. The fourth-order valence-corrected chi connectivity index (χ4v) is 6.18. The second-order valence-electron chi connectivity index (χ2n) is 6.94. The van der Waals surface area contributed by atoms with E-state index in [2.05, 4.69) is 37.2 Å². The van der Waals surface area contributed by atoms with Crippen molar-refractivity contribution < 1.29 is 24.3 Å². The van der Waals surface area contributed by atoms with E-state index in [4.69, 9.17) is 10.6 Å². The number of carboxylic acids is 1. The van der Waals surface area contributed by atoms with Crippen LogP contribution >= 0.6 is 34.9 Å². The first-order valence-corrected chi connectivity index (χ1v) is 12.8. The lowest BCUT2D eigenvalue weighted by Gasteiger charge is -2.49. The molecule has 1 saturated heterocycles. The molecule has 0 aromatic carbocycles. The van der Waals surface area contributed by atoms with Gasteiger partial charge in [0.2, 0.25) is 5.71 Å². The van der Waals surface area contributed by atoms with E-state index in [9.17, 15) is 19.5 Å². The molecule has 0 spiro atoms. The Labute approximate surface area is 210 Å². The summed E-state index contributed by atoms with van der Waals surface area (Å²) in [6.45, 7) is 3.54. The van der Waals surface area contributed by atoms with Gasteiger partial charge >= 0.3 is 5.97 Å². The first-order valence-electron chi connectivity index (χ1n) is 9.90. The van der Waals surface area contributed by atoms with Crippen LogP contribution in [0.2, 0.25) is 0 Å². The number of nitrogens with zero attached hydrogens (tertiary/aromatic N) is 6. The number of nitrogen functional groups attached to an aromatic ring is 1. The topological polar surface area (TPSA) is 186 Å². The number of fused-ring (bicyclic) bond motifs is 1. The van der Waals surface area contributed by atoms with Gasteiger partial charge in [0.05, 0.1) is 0 Å². The van der Waals surface area contributed by atoms with Gasteiger partial charge in [-0.15, -0.1) is 22.0 Å². The van der Waals surface area contributed by atoms with E-state index in [-0.39, 0.29) is 29.7 Å². The van der Waals surface area contributed by atoms with E-state index >= 15 is 0 Å².